The van der Waals surface area contributed by atoms with E-state index in [-0.39, 0.29) is 5.75 Å². The van der Waals surface area contributed by atoms with E-state index in [1.165, 1.54) is 6.07 Å². The molecule has 0 unspecified atom stereocenters. The van der Waals surface area contributed by atoms with Gasteiger partial charge in [0, 0.05) is 4.90 Å². The van der Waals surface area contributed by atoms with Crippen molar-refractivity contribution in [3.63, 3.8) is 0 Å². The molecule has 5 heteroatoms. The summed E-state index contributed by atoms with van der Waals surface area (Å²) in [5, 5.41) is 0. The lowest BCUT2D eigenvalue weighted by Gasteiger charge is -1.99. The van der Waals surface area contributed by atoms with Gasteiger partial charge in [0.2, 0.25) is 5.91 Å². The van der Waals surface area contributed by atoms with Crippen LogP contribution in [0.5, 0.6) is 0 Å². The average Bonchev–Trinajstić information content (AvgIpc) is 2.07. The Morgan fingerprint density at radius 2 is 2.08 bits per heavy atom. The summed E-state index contributed by atoms with van der Waals surface area (Å²) >= 11 is 1.07. The molecule has 0 saturated heterocycles. The highest BCUT2D eigenvalue weighted by molar-refractivity contribution is 8.00. The molecule has 0 heterocycles. The third-order valence-corrected chi connectivity index (χ3v) is 2.29. The zero-order valence-electron chi connectivity index (χ0n) is 6.59. The monoisotopic (exact) mass is 203 g/mol. The van der Waals surface area contributed by atoms with Crippen LogP contribution in [0.15, 0.2) is 23.1 Å². The van der Waals surface area contributed by atoms with Gasteiger partial charge in [-0.1, -0.05) is 0 Å². The third kappa shape index (κ3) is 3.02. The normalized spacial score (nSPS) is 10.0. The molecule has 2 nitrogen and oxygen atoms in total. The quantitative estimate of drug-likeness (QED) is 0.757. The Hall–Kier alpha value is -1.10. The summed E-state index contributed by atoms with van der Waals surface area (Å²) in [6, 6.07) is 3.44. The molecule has 0 saturated carbocycles. The zero-order valence-corrected chi connectivity index (χ0v) is 7.41. The number of hydrogen-bond acceptors (Lipinski definition) is 2. The highest BCUT2D eigenvalue weighted by atomic mass is 32.2. The maximum absolute atomic E-state index is 12.6. The Kier molecular flexibility index (Phi) is 3.25. The smallest absolute Gasteiger partial charge is 0.227 e. The van der Waals surface area contributed by atoms with E-state index in [1.54, 1.807) is 0 Å². The average molecular weight is 203 g/mol. The van der Waals surface area contributed by atoms with Crippen molar-refractivity contribution in [3.05, 3.63) is 29.8 Å². The molecule has 0 aliphatic carbocycles. The van der Waals surface area contributed by atoms with Crippen molar-refractivity contribution < 1.29 is 13.6 Å². The first-order valence-corrected chi connectivity index (χ1v) is 4.44. The number of carbonyl (C=O) groups is 1. The van der Waals surface area contributed by atoms with Gasteiger partial charge in [0.25, 0.3) is 0 Å². The molecule has 0 spiro atoms. The van der Waals surface area contributed by atoms with Crippen LogP contribution < -0.4 is 5.73 Å². The third-order valence-electron chi connectivity index (χ3n) is 1.27. The molecule has 1 amide bonds. The van der Waals surface area contributed by atoms with E-state index in [0.29, 0.717) is 4.90 Å². The highest BCUT2D eigenvalue weighted by Crippen LogP contribution is 2.19. The highest BCUT2D eigenvalue weighted by Gasteiger charge is 2.03. The van der Waals surface area contributed by atoms with Gasteiger partial charge < -0.3 is 5.73 Å². The number of nitrogens with two attached hydrogens (primary N) is 1. The second-order valence-corrected chi connectivity index (χ2v) is 3.38. The van der Waals surface area contributed by atoms with E-state index in [0.717, 1.165) is 23.9 Å². The minimum Gasteiger partial charge on any atom is -0.369 e. The van der Waals surface area contributed by atoms with E-state index >= 15 is 0 Å². The molecule has 1 aromatic carbocycles. The van der Waals surface area contributed by atoms with Gasteiger partial charge in [-0.2, -0.15) is 0 Å². The number of primary amides is 1. The van der Waals surface area contributed by atoms with Crippen LogP contribution in [0, 0.1) is 11.6 Å². The Bertz CT molecular complexity index is 330. The summed E-state index contributed by atoms with van der Waals surface area (Å²) in [4.78, 5) is 10.8. The van der Waals surface area contributed by atoms with Gasteiger partial charge in [0.15, 0.2) is 11.6 Å². The fourth-order valence-corrected chi connectivity index (χ4v) is 1.38. The Balaban J connectivity index is 2.68. The maximum atomic E-state index is 12.6. The predicted octanol–water partition coefficient (Wildman–Crippen LogP) is 1.54. The van der Waals surface area contributed by atoms with Crippen LogP contribution in [-0.4, -0.2) is 11.7 Å². The number of hydrogen-bond donors (Lipinski definition) is 1. The van der Waals surface area contributed by atoms with Crippen LogP contribution in [0.25, 0.3) is 0 Å². The van der Waals surface area contributed by atoms with E-state index in [2.05, 4.69) is 0 Å². The van der Waals surface area contributed by atoms with Gasteiger partial charge in [-0.3, -0.25) is 4.79 Å². The molecule has 0 aliphatic heterocycles. The molecule has 70 valence electrons. The molecule has 0 atom stereocenters. The maximum Gasteiger partial charge on any atom is 0.227 e. The van der Waals surface area contributed by atoms with Gasteiger partial charge in [0.1, 0.15) is 0 Å². The first-order chi connectivity index (χ1) is 6.09. The van der Waals surface area contributed by atoms with E-state index < -0.39 is 17.5 Å². The molecule has 0 aromatic heterocycles. The van der Waals surface area contributed by atoms with E-state index in [9.17, 15) is 13.6 Å². The van der Waals surface area contributed by atoms with Crippen molar-refractivity contribution in [1.29, 1.82) is 0 Å². The molecular weight excluding hydrogens is 196 g/mol. The molecule has 0 bridgehead atoms. The number of benzene rings is 1. The van der Waals surface area contributed by atoms with Crippen molar-refractivity contribution in [3.8, 4) is 0 Å². The minimum absolute atomic E-state index is 0.0606. The largest absolute Gasteiger partial charge is 0.369 e. The Morgan fingerprint density at radius 1 is 1.38 bits per heavy atom. The lowest BCUT2D eigenvalue weighted by Crippen LogP contribution is -2.12. The predicted molar refractivity (Wildman–Crippen MR) is 46.3 cm³/mol. The Morgan fingerprint density at radius 3 is 2.62 bits per heavy atom. The standard InChI is InChI=1S/C8H7F2NOS/c9-6-2-1-5(3-7(6)10)13-4-8(11)12/h1-3H,4H2,(H2,11,12). The van der Waals surface area contributed by atoms with Gasteiger partial charge in [-0.25, -0.2) is 8.78 Å². The lowest BCUT2D eigenvalue weighted by atomic mass is 10.3. The summed E-state index contributed by atoms with van der Waals surface area (Å²) in [6.07, 6.45) is 0. The fourth-order valence-electron chi connectivity index (χ4n) is 0.721. The molecule has 1 aromatic rings. The lowest BCUT2D eigenvalue weighted by molar-refractivity contribution is -0.115. The van der Waals surface area contributed by atoms with E-state index in [4.69, 9.17) is 5.73 Å². The second-order valence-electron chi connectivity index (χ2n) is 2.33. The number of carbonyl (C=O) groups excluding carboxylic acids is 1. The molecule has 2 N–H and O–H groups in total. The van der Waals surface area contributed by atoms with Gasteiger partial charge in [0.05, 0.1) is 5.75 Å². The summed E-state index contributed by atoms with van der Waals surface area (Å²) in [7, 11) is 0. The van der Waals surface area contributed by atoms with Crippen LogP contribution >= 0.6 is 11.8 Å². The molecule has 1 rings (SSSR count). The van der Waals surface area contributed by atoms with Gasteiger partial charge in [-0.05, 0) is 18.2 Å². The van der Waals surface area contributed by atoms with Crippen molar-refractivity contribution in [2.45, 2.75) is 4.90 Å². The van der Waals surface area contributed by atoms with Gasteiger partial charge in [-0.15, -0.1) is 11.8 Å². The molecule has 13 heavy (non-hydrogen) atoms. The van der Waals surface area contributed by atoms with Gasteiger partial charge >= 0.3 is 0 Å². The van der Waals surface area contributed by atoms with Crippen LogP contribution in [0.3, 0.4) is 0 Å². The topological polar surface area (TPSA) is 43.1 Å². The minimum atomic E-state index is -0.922. The summed E-state index contributed by atoms with van der Waals surface area (Å²) in [6.45, 7) is 0. The zero-order chi connectivity index (χ0) is 9.84. The first kappa shape index (κ1) is 9.98. The molecule has 0 aliphatic rings. The SMILES string of the molecule is NC(=O)CSc1ccc(F)c(F)c1. The number of rotatable bonds is 3. The summed E-state index contributed by atoms with van der Waals surface area (Å²) in [5.41, 5.74) is 4.88. The fraction of sp³-hybridized carbons (Fsp3) is 0.125. The second kappa shape index (κ2) is 4.23. The van der Waals surface area contributed by atoms with Crippen molar-refractivity contribution in [1.82, 2.24) is 0 Å². The van der Waals surface area contributed by atoms with Crippen molar-refractivity contribution in [2.75, 3.05) is 5.75 Å². The first-order valence-electron chi connectivity index (χ1n) is 3.46. The van der Waals surface area contributed by atoms with Crippen molar-refractivity contribution >= 4 is 17.7 Å². The number of halogens is 2. The number of amides is 1. The Labute approximate surface area is 78.1 Å². The van der Waals surface area contributed by atoms with Crippen LogP contribution in [0.4, 0.5) is 8.78 Å². The summed E-state index contributed by atoms with van der Waals surface area (Å²) < 4.78 is 25.0. The van der Waals surface area contributed by atoms with Crippen LogP contribution in [0.2, 0.25) is 0 Å². The van der Waals surface area contributed by atoms with Crippen LogP contribution in [0.1, 0.15) is 0 Å². The van der Waals surface area contributed by atoms with E-state index in [1.807, 2.05) is 0 Å². The molecule has 0 radical (unpaired) electrons. The molecule has 0 fully saturated rings. The molecular formula is C8H7F2NOS. The number of thioether (sulfide) groups is 1. The van der Waals surface area contributed by atoms with Crippen LogP contribution in [-0.2, 0) is 4.79 Å². The summed E-state index contributed by atoms with van der Waals surface area (Å²) in [5.74, 6) is -2.25. The van der Waals surface area contributed by atoms with Crippen molar-refractivity contribution in [2.24, 2.45) is 5.73 Å².